The number of carboxylic acids is 1. The van der Waals surface area contributed by atoms with Gasteiger partial charge in [-0.15, -0.1) is 0 Å². The van der Waals surface area contributed by atoms with Crippen molar-refractivity contribution in [1.82, 2.24) is 10.3 Å². The average Bonchev–Trinajstić information content (AvgIpc) is 2.33. The lowest BCUT2D eigenvalue weighted by atomic mass is 10.2. The first kappa shape index (κ1) is 14.5. The van der Waals surface area contributed by atoms with Crippen LogP contribution in [0.15, 0.2) is 18.2 Å². The van der Waals surface area contributed by atoms with Crippen LogP contribution in [0, 0.1) is 6.92 Å². The number of aliphatic carboxylic acids is 1. The van der Waals surface area contributed by atoms with E-state index in [2.05, 4.69) is 10.3 Å². The van der Waals surface area contributed by atoms with Crippen molar-refractivity contribution in [2.24, 2.45) is 0 Å². The number of nitrogens with one attached hydrogen (secondary N) is 1. The first-order valence-corrected chi connectivity index (χ1v) is 6.71. The smallest absolute Gasteiger partial charge is 0.326 e. The van der Waals surface area contributed by atoms with Gasteiger partial charge in [0.1, 0.15) is 6.04 Å². The van der Waals surface area contributed by atoms with Crippen molar-refractivity contribution in [3.8, 4) is 0 Å². The third-order valence-electron chi connectivity index (χ3n) is 2.31. The molecule has 1 rings (SSSR count). The van der Waals surface area contributed by atoms with Gasteiger partial charge in [0.25, 0.3) is 0 Å². The third-order valence-corrected chi connectivity index (χ3v) is 3.34. The fourth-order valence-electron chi connectivity index (χ4n) is 1.42. The maximum atomic E-state index is 10.8. The van der Waals surface area contributed by atoms with E-state index in [-0.39, 0.29) is 0 Å². The van der Waals surface area contributed by atoms with E-state index >= 15 is 0 Å². The number of amides is 1. The molecule has 1 atom stereocenters. The molecule has 5 nitrogen and oxygen atoms in total. The minimum atomic E-state index is -1.00. The molecule has 98 valence electrons. The molecule has 1 aromatic heterocycles. The van der Waals surface area contributed by atoms with Crippen LogP contribution in [0.25, 0.3) is 0 Å². The van der Waals surface area contributed by atoms with Gasteiger partial charge in [-0.3, -0.25) is 9.78 Å². The largest absolute Gasteiger partial charge is 0.480 e. The Kier molecular flexibility index (Phi) is 6.21. The predicted molar refractivity (Wildman–Crippen MR) is 70.4 cm³/mol. The summed E-state index contributed by atoms with van der Waals surface area (Å²) < 4.78 is 0. The van der Waals surface area contributed by atoms with Crippen molar-refractivity contribution in [3.05, 3.63) is 29.6 Å². The van der Waals surface area contributed by atoms with Crippen molar-refractivity contribution >= 4 is 24.1 Å². The lowest BCUT2D eigenvalue weighted by Crippen LogP contribution is -2.36. The molecule has 1 heterocycles. The van der Waals surface area contributed by atoms with Crippen LogP contribution in [0.5, 0.6) is 0 Å². The van der Waals surface area contributed by atoms with Crippen LogP contribution >= 0.6 is 11.8 Å². The van der Waals surface area contributed by atoms with Crippen LogP contribution in [0.4, 0.5) is 0 Å². The fraction of sp³-hybridized carbons (Fsp3) is 0.417. The summed E-state index contributed by atoms with van der Waals surface area (Å²) in [6, 6.07) is 5.02. The van der Waals surface area contributed by atoms with Gasteiger partial charge in [0.05, 0.1) is 5.69 Å². The van der Waals surface area contributed by atoms with Gasteiger partial charge >= 0.3 is 5.97 Å². The zero-order chi connectivity index (χ0) is 13.4. The number of carbonyl (C=O) groups excluding carboxylic acids is 1. The third kappa shape index (κ3) is 5.18. The molecule has 0 aromatic carbocycles. The Labute approximate surface area is 110 Å². The highest BCUT2D eigenvalue weighted by Gasteiger charge is 2.15. The maximum Gasteiger partial charge on any atom is 0.326 e. The lowest BCUT2D eigenvalue weighted by molar-refractivity contribution is -0.140. The molecule has 0 aliphatic heterocycles. The fourth-order valence-corrected chi connectivity index (χ4v) is 2.33. The Balaban J connectivity index is 2.29. The van der Waals surface area contributed by atoms with Crippen LogP contribution in [-0.2, 0) is 15.3 Å². The zero-order valence-corrected chi connectivity index (χ0v) is 10.9. The number of nitrogens with zero attached hydrogens (tertiary/aromatic N) is 1. The average molecular weight is 268 g/mol. The highest BCUT2D eigenvalue weighted by molar-refractivity contribution is 7.98. The van der Waals surface area contributed by atoms with Gasteiger partial charge in [-0.2, -0.15) is 11.8 Å². The van der Waals surface area contributed by atoms with Gasteiger partial charge in [-0.1, -0.05) is 6.07 Å². The van der Waals surface area contributed by atoms with E-state index in [1.807, 2.05) is 25.1 Å². The molecule has 1 aromatic rings. The number of carboxylic acid groups (broad SMARTS) is 1. The Bertz CT molecular complexity index is 412. The molecule has 1 amide bonds. The van der Waals surface area contributed by atoms with Gasteiger partial charge in [-0.05, 0) is 31.2 Å². The van der Waals surface area contributed by atoms with E-state index in [0.29, 0.717) is 18.6 Å². The quantitative estimate of drug-likeness (QED) is 0.547. The Morgan fingerprint density at radius 3 is 3.00 bits per heavy atom. The van der Waals surface area contributed by atoms with Gasteiger partial charge in [0.15, 0.2) is 0 Å². The van der Waals surface area contributed by atoms with E-state index in [4.69, 9.17) is 5.11 Å². The second-order valence-electron chi connectivity index (χ2n) is 3.79. The number of thioether (sulfide) groups is 1. The van der Waals surface area contributed by atoms with Gasteiger partial charge in [-0.25, -0.2) is 4.79 Å². The van der Waals surface area contributed by atoms with Crippen LogP contribution in [-0.4, -0.2) is 34.3 Å². The van der Waals surface area contributed by atoms with Crippen LogP contribution in [0.3, 0.4) is 0 Å². The van der Waals surface area contributed by atoms with E-state index in [9.17, 15) is 9.59 Å². The molecule has 0 saturated heterocycles. The second kappa shape index (κ2) is 7.71. The van der Waals surface area contributed by atoms with Gasteiger partial charge < -0.3 is 10.4 Å². The first-order valence-electron chi connectivity index (χ1n) is 5.56. The highest BCUT2D eigenvalue weighted by Crippen LogP contribution is 2.12. The Morgan fingerprint density at radius 2 is 2.39 bits per heavy atom. The minimum Gasteiger partial charge on any atom is -0.480 e. The molecular formula is C12H16N2O3S. The van der Waals surface area contributed by atoms with E-state index in [0.717, 1.165) is 17.1 Å². The first-order chi connectivity index (χ1) is 8.63. The number of hydrogen-bond donors (Lipinski definition) is 2. The molecule has 2 N–H and O–H groups in total. The molecule has 1 unspecified atom stereocenters. The van der Waals surface area contributed by atoms with Gasteiger partial charge in [0, 0.05) is 11.4 Å². The van der Waals surface area contributed by atoms with E-state index < -0.39 is 12.0 Å². The summed E-state index contributed by atoms with van der Waals surface area (Å²) in [7, 11) is 0. The normalized spacial score (nSPS) is 11.8. The number of aromatic nitrogens is 1. The topological polar surface area (TPSA) is 79.3 Å². The maximum absolute atomic E-state index is 10.8. The molecule has 0 fully saturated rings. The van der Waals surface area contributed by atoms with Crippen molar-refractivity contribution < 1.29 is 14.7 Å². The molecule has 0 saturated carbocycles. The van der Waals surface area contributed by atoms with Crippen LogP contribution in [0.2, 0.25) is 0 Å². The monoisotopic (exact) mass is 268 g/mol. The summed E-state index contributed by atoms with van der Waals surface area (Å²) in [5.41, 5.74) is 1.95. The summed E-state index contributed by atoms with van der Waals surface area (Å²) in [6.07, 6.45) is 0.829. The lowest BCUT2D eigenvalue weighted by Gasteiger charge is -2.10. The molecule has 6 heteroatoms. The Morgan fingerprint density at radius 1 is 1.61 bits per heavy atom. The molecule has 0 bridgehead atoms. The van der Waals surface area contributed by atoms with Crippen molar-refractivity contribution in [2.45, 2.75) is 25.1 Å². The number of pyridine rings is 1. The predicted octanol–water partition coefficient (Wildman–Crippen LogP) is 1.21. The molecule has 0 spiro atoms. The summed E-state index contributed by atoms with van der Waals surface area (Å²) >= 11 is 1.60. The second-order valence-corrected chi connectivity index (χ2v) is 4.89. The summed E-state index contributed by atoms with van der Waals surface area (Å²) in [6.45, 7) is 1.93. The van der Waals surface area contributed by atoms with Gasteiger partial charge in [0.2, 0.25) is 6.41 Å². The van der Waals surface area contributed by atoms with Crippen LogP contribution < -0.4 is 5.32 Å². The zero-order valence-electron chi connectivity index (χ0n) is 10.1. The molecular weight excluding hydrogens is 252 g/mol. The standard InChI is InChI=1S/C12H16N2O3S/c1-9-3-2-4-10(14-9)7-18-6-5-11(12(16)17)13-8-15/h2-4,8,11H,5-7H2,1H3,(H,13,15)(H,16,17). The summed E-state index contributed by atoms with van der Waals surface area (Å²) in [5.74, 6) is 0.402. The van der Waals surface area contributed by atoms with E-state index in [1.54, 1.807) is 11.8 Å². The molecule has 18 heavy (non-hydrogen) atoms. The number of hydrogen-bond acceptors (Lipinski definition) is 4. The van der Waals surface area contributed by atoms with Crippen molar-refractivity contribution in [1.29, 1.82) is 0 Å². The number of aryl methyl sites for hydroxylation is 1. The van der Waals surface area contributed by atoms with Crippen molar-refractivity contribution in [3.63, 3.8) is 0 Å². The summed E-state index contributed by atoms with van der Waals surface area (Å²) in [4.78, 5) is 25.3. The SMILES string of the molecule is Cc1cccc(CSCCC(NC=O)C(=O)O)n1. The van der Waals surface area contributed by atoms with E-state index in [1.165, 1.54) is 0 Å². The number of carbonyl (C=O) groups is 2. The molecule has 0 radical (unpaired) electrons. The number of rotatable bonds is 8. The van der Waals surface area contributed by atoms with Crippen LogP contribution in [0.1, 0.15) is 17.8 Å². The summed E-state index contributed by atoms with van der Waals surface area (Å²) in [5, 5.41) is 11.1. The minimum absolute atomic E-state index is 0.407. The Hall–Kier alpha value is -1.56. The van der Waals surface area contributed by atoms with Crippen molar-refractivity contribution in [2.75, 3.05) is 5.75 Å². The molecule has 0 aliphatic carbocycles. The molecule has 0 aliphatic rings. The highest BCUT2D eigenvalue weighted by atomic mass is 32.2.